The average Bonchev–Trinajstić information content (AvgIpc) is 3.59. The number of aliphatic hydroxyl groups excluding tert-OH is 1. The smallest absolute Gasteiger partial charge is 0.274 e. The molecule has 2 fully saturated rings. The number of nitrogens with zero attached hydrogens (tertiary/aromatic N) is 6. The van der Waals surface area contributed by atoms with Gasteiger partial charge in [-0.15, -0.1) is 0 Å². The number of piperazine rings is 1. The largest absolute Gasteiger partial charge is 0.489 e. The first-order chi connectivity index (χ1) is 19.6. The third-order valence-corrected chi connectivity index (χ3v) is 7.86. The Labute approximate surface area is 231 Å². The molecule has 3 aromatic rings. The maximum Gasteiger partial charge on any atom is 0.274 e. The average molecular weight is 542 g/mol. The van der Waals surface area contributed by atoms with Crippen molar-refractivity contribution < 1.29 is 19.3 Å². The highest BCUT2D eigenvalue weighted by Gasteiger charge is 2.28. The highest BCUT2D eigenvalue weighted by Crippen LogP contribution is 2.27. The molecule has 11 nitrogen and oxygen atoms in total. The molecule has 206 valence electrons. The van der Waals surface area contributed by atoms with Crippen molar-refractivity contribution in [3.05, 3.63) is 58.4 Å². The molecule has 0 spiro atoms. The van der Waals surface area contributed by atoms with Crippen LogP contribution in [0.1, 0.15) is 41.7 Å². The zero-order valence-corrected chi connectivity index (χ0v) is 22.3. The molecule has 11 heteroatoms. The molecule has 3 N–H and O–H groups in total. The number of nitriles is 1. The van der Waals surface area contributed by atoms with Gasteiger partial charge in [0.15, 0.2) is 6.21 Å². The lowest BCUT2D eigenvalue weighted by Gasteiger charge is -2.38. The maximum atomic E-state index is 13.2. The molecular weight excluding hydrogens is 508 g/mol. The molecule has 2 aliphatic heterocycles. The van der Waals surface area contributed by atoms with E-state index >= 15 is 0 Å². The summed E-state index contributed by atoms with van der Waals surface area (Å²) < 4.78 is 9.15. The van der Waals surface area contributed by atoms with Crippen LogP contribution in [0.3, 0.4) is 0 Å². The molecule has 2 aromatic heterocycles. The van der Waals surface area contributed by atoms with Gasteiger partial charge in [-0.2, -0.15) is 10.4 Å². The number of nitrogens with one attached hydrogen (secondary N) is 2. The number of fused-ring (bicyclic) bond motifs is 2. The molecular formula is C29H33N8O3+. The first-order valence-electron chi connectivity index (χ1n) is 13.9. The fourth-order valence-corrected chi connectivity index (χ4v) is 5.82. The van der Waals surface area contributed by atoms with Crippen molar-refractivity contribution in [2.24, 2.45) is 11.0 Å². The summed E-state index contributed by atoms with van der Waals surface area (Å²) in [5, 5.41) is 35.4. The number of carbonyl (C=O) groups excluding carboxylic acids is 1. The lowest BCUT2D eigenvalue weighted by atomic mass is 9.86. The summed E-state index contributed by atoms with van der Waals surface area (Å²) in [5.74, 6) is 0.525. The Balaban J connectivity index is 1.21. The van der Waals surface area contributed by atoms with E-state index in [4.69, 9.17) is 15.1 Å². The zero-order valence-electron chi connectivity index (χ0n) is 22.3. The highest BCUT2D eigenvalue weighted by molar-refractivity contribution is 6.04. The van der Waals surface area contributed by atoms with Crippen LogP contribution in [0.15, 0.2) is 41.6 Å². The molecule has 1 amide bonds. The van der Waals surface area contributed by atoms with Gasteiger partial charge in [-0.25, -0.2) is 4.52 Å². The number of benzene rings is 1. The molecule has 6 rings (SSSR count). The van der Waals surface area contributed by atoms with Gasteiger partial charge in [0.1, 0.15) is 29.5 Å². The molecule has 1 aromatic carbocycles. The van der Waals surface area contributed by atoms with Crippen molar-refractivity contribution in [3.8, 4) is 11.8 Å². The van der Waals surface area contributed by atoms with Crippen LogP contribution in [0.5, 0.6) is 5.75 Å². The summed E-state index contributed by atoms with van der Waals surface area (Å²) in [6, 6.07) is 11.5. The number of carbonyl (C=O) groups is 1. The van der Waals surface area contributed by atoms with Crippen LogP contribution in [-0.2, 0) is 0 Å². The van der Waals surface area contributed by atoms with Crippen LogP contribution in [-0.4, -0.2) is 81.9 Å². The molecule has 4 heterocycles. The number of rotatable bonds is 7. The van der Waals surface area contributed by atoms with E-state index in [9.17, 15) is 9.90 Å². The zero-order chi connectivity index (χ0) is 27.5. The standard InChI is InChI=1S/C29H32N8O3/c30-16-21-13-24-5-6-27(37(24)32-17-21)29(39)33-26-14-22-19-36(34-25(22)15-28(26)40-12-11-38)18-20-1-3-23(4-2-20)35-9-7-31-8-10-35/h5-6,13-15,17-20,23,31,38H,1-4,7-12H2/p+1/b36-18-. The number of ether oxygens (including phenoxy) is 1. The van der Waals surface area contributed by atoms with E-state index < -0.39 is 0 Å². The van der Waals surface area contributed by atoms with Crippen LogP contribution >= 0.6 is 0 Å². The quantitative estimate of drug-likeness (QED) is 0.375. The number of hydrogen-bond acceptors (Lipinski definition) is 8. The molecule has 1 aliphatic carbocycles. The molecule has 0 bridgehead atoms. The van der Waals surface area contributed by atoms with E-state index in [1.165, 1.54) is 23.6 Å². The second-order valence-corrected chi connectivity index (χ2v) is 10.5. The Bertz CT molecular complexity index is 1610. The Hall–Kier alpha value is -4.11. The monoisotopic (exact) mass is 541 g/mol. The van der Waals surface area contributed by atoms with Gasteiger partial charge in [0, 0.05) is 49.3 Å². The van der Waals surface area contributed by atoms with Gasteiger partial charge >= 0.3 is 0 Å². The van der Waals surface area contributed by atoms with Crippen molar-refractivity contribution in [2.45, 2.75) is 31.7 Å². The SMILES string of the molecule is N#Cc1cnn2c(C(=O)Nc3cc4c(cc3OCCO)=N/[N+](=C\C3CCC(N5CCNCC5)CC3)C=4)ccc2c1. The maximum absolute atomic E-state index is 13.2. The molecule has 40 heavy (non-hydrogen) atoms. The van der Waals surface area contributed by atoms with E-state index in [-0.39, 0.29) is 19.1 Å². The Morgan fingerprint density at radius 2 is 2.05 bits per heavy atom. The fourth-order valence-electron chi connectivity index (χ4n) is 5.82. The predicted molar refractivity (Wildman–Crippen MR) is 149 cm³/mol. The minimum absolute atomic E-state index is 0.0874. The summed E-state index contributed by atoms with van der Waals surface area (Å²) in [5.41, 5.74) is 1.87. The second kappa shape index (κ2) is 11.6. The molecule has 0 atom stereocenters. The van der Waals surface area contributed by atoms with Gasteiger partial charge < -0.3 is 20.5 Å². The summed E-state index contributed by atoms with van der Waals surface area (Å²) >= 11 is 0. The van der Waals surface area contributed by atoms with Gasteiger partial charge in [-0.3, -0.25) is 9.69 Å². The van der Waals surface area contributed by atoms with E-state index in [0.29, 0.717) is 40.2 Å². The van der Waals surface area contributed by atoms with Gasteiger partial charge in [0.05, 0.1) is 34.8 Å². The van der Waals surface area contributed by atoms with Crippen molar-refractivity contribution >= 4 is 29.5 Å². The van der Waals surface area contributed by atoms with Gasteiger partial charge in [-0.1, -0.05) is 4.68 Å². The minimum Gasteiger partial charge on any atom is -0.489 e. The van der Waals surface area contributed by atoms with E-state index in [2.05, 4.69) is 32.9 Å². The van der Waals surface area contributed by atoms with E-state index in [0.717, 1.165) is 49.6 Å². The normalized spacial score (nSPS) is 21.9. The molecule has 0 radical (unpaired) electrons. The highest BCUT2D eigenvalue weighted by atomic mass is 16.5. The lowest BCUT2D eigenvalue weighted by molar-refractivity contribution is -0.424. The number of aromatic nitrogens is 2. The number of aliphatic hydroxyl groups is 1. The molecule has 1 saturated heterocycles. The van der Waals surface area contributed by atoms with Crippen molar-refractivity contribution in [1.82, 2.24) is 19.8 Å². The number of amides is 1. The number of hydrogen-bond donors (Lipinski definition) is 3. The number of anilines is 1. The first-order valence-corrected chi connectivity index (χ1v) is 13.9. The molecule has 3 aliphatic rings. The summed E-state index contributed by atoms with van der Waals surface area (Å²) in [4.78, 5) is 15.9. The van der Waals surface area contributed by atoms with Crippen LogP contribution < -0.4 is 25.9 Å². The van der Waals surface area contributed by atoms with Crippen LogP contribution in [0.4, 0.5) is 5.69 Å². The van der Waals surface area contributed by atoms with Crippen molar-refractivity contribution in [2.75, 3.05) is 44.7 Å². The fraction of sp³-hybridized carbons (Fsp3) is 0.414. The van der Waals surface area contributed by atoms with Gasteiger partial charge in [0.25, 0.3) is 5.91 Å². The van der Waals surface area contributed by atoms with Crippen LogP contribution in [0.25, 0.3) is 11.7 Å². The van der Waals surface area contributed by atoms with E-state index in [1.807, 2.05) is 17.0 Å². The Kier molecular flexibility index (Phi) is 7.55. The van der Waals surface area contributed by atoms with Crippen molar-refractivity contribution in [3.63, 3.8) is 0 Å². The lowest BCUT2D eigenvalue weighted by Crippen LogP contribution is -2.49. The van der Waals surface area contributed by atoms with Crippen LogP contribution in [0.2, 0.25) is 0 Å². The van der Waals surface area contributed by atoms with E-state index in [1.54, 1.807) is 24.3 Å². The third-order valence-electron chi connectivity index (χ3n) is 7.86. The second-order valence-electron chi connectivity index (χ2n) is 10.5. The minimum atomic E-state index is -0.370. The summed E-state index contributed by atoms with van der Waals surface area (Å²) in [6.07, 6.45) is 10.3. The first kappa shape index (κ1) is 26.1. The Morgan fingerprint density at radius 1 is 1.23 bits per heavy atom. The van der Waals surface area contributed by atoms with Crippen LogP contribution in [0, 0.1) is 17.2 Å². The van der Waals surface area contributed by atoms with Gasteiger partial charge in [0.2, 0.25) is 6.20 Å². The van der Waals surface area contributed by atoms with Gasteiger partial charge in [-0.05, 0) is 49.9 Å². The third kappa shape index (κ3) is 5.47. The Morgan fingerprint density at radius 3 is 2.83 bits per heavy atom. The summed E-state index contributed by atoms with van der Waals surface area (Å²) in [6.45, 7) is 4.38. The molecule has 1 saturated carbocycles. The molecule has 0 unspecified atom stereocenters. The predicted octanol–water partition coefficient (Wildman–Crippen LogP) is 0.663. The topological polar surface area (TPSA) is 130 Å². The van der Waals surface area contributed by atoms with Crippen molar-refractivity contribution in [1.29, 1.82) is 5.26 Å². The summed E-state index contributed by atoms with van der Waals surface area (Å²) in [7, 11) is 0.